The first kappa shape index (κ1) is 26.3. The second-order valence-electron chi connectivity index (χ2n) is 9.15. The van der Waals surface area contributed by atoms with Crippen molar-refractivity contribution in [2.24, 2.45) is 0 Å². The average Bonchev–Trinajstić information content (AvgIpc) is 2.78. The van der Waals surface area contributed by atoms with Crippen LogP contribution in [0, 0.1) is 0 Å². The standard InChI is InChI=1S/C28H37NO2.ClH/c1-4-5-15-27(24-12-7-6-8-13-24)31-21-26(30)20-29-28(2,3)19-22-16-17-23-11-9-10-14-25(23)18-22;/h6-14,16-18,26-27,29-30H,4-5,15,19-21H2,1-3H3;1H/t26-,27?;/m1./s1. The summed E-state index contributed by atoms with van der Waals surface area (Å²) in [6.07, 6.45) is 3.64. The molecule has 0 heterocycles. The van der Waals surface area contributed by atoms with Crippen molar-refractivity contribution in [1.82, 2.24) is 5.32 Å². The van der Waals surface area contributed by atoms with Gasteiger partial charge in [-0.1, -0.05) is 92.6 Å². The highest BCUT2D eigenvalue weighted by Gasteiger charge is 2.20. The molecule has 32 heavy (non-hydrogen) atoms. The lowest BCUT2D eigenvalue weighted by Crippen LogP contribution is -2.46. The number of nitrogens with one attached hydrogen (secondary N) is 1. The van der Waals surface area contributed by atoms with Gasteiger partial charge in [0.15, 0.2) is 0 Å². The number of fused-ring (bicyclic) bond motifs is 1. The molecule has 0 spiro atoms. The van der Waals surface area contributed by atoms with Gasteiger partial charge in [0, 0.05) is 12.1 Å². The van der Waals surface area contributed by atoms with Gasteiger partial charge in [-0.25, -0.2) is 0 Å². The van der Waals surface area contributed by atoms with E-state index in [1.165, 1.54) is 21.9 Å². The maximum atomic E-state index is 10.6. The smallest absolute Gasteiger partial charge is 0.0898 e. The highest BCUT2D eigenvalue weighted by Crippen LogP contribution is 2.24. The Balaban J connectivity index is 0.00000363. The zero-order chi connectivity index (χ0) is 22.1. The molecule has 4 heteroatoms. The molecule has 3 aromatic rings. The largest absolute Gasteiger partial charge is 0.389 e. The Hall–Kier alpha value is -1.91. The van der Waals surface area contributed by atoms with Crippen LogP contribution in [0.3, 0.4) is 0 Å². The van der Waals surface area contributed by atoms with Gasteiger partial charge in [0.2, 0.25) is 0 Å². The predicted molar refractivity (Wildman–Crippen MR) is 138 cm³/mol. The molecule has 3 aromatic carbocycles. The number of aliphatic hydroxyl groups excluding tert-OH is 1. The summed E-state index contributed by atoms with van der Waals surface area (Å²) in [7, 11) is 0. The van der Waals surface area contributed by atoms with Crippen molar-refractivity contribution in [3.05, 3.63) is 83.9 Å². The number of halogens is 1. The molecular weight excluding hydrogens is 418 g/mol. The lowest BCUT2D eigenvalue weighted by atomic mass is 9.93. The van der Waals surface area contributed by atoms with Crippen LogP contribution in [0.2, 0.25) is 0 Å². The number of hydrogen-bond acceptors (Lipinski definition) is 3. The van der Waals surface area contributed by atoms with Crippen LogP contribution in [-0.4, -0.2) is 29.9 Å². The summed E-state index contributed by atoms with van der Waals surface area (Å²) in [4.78, 5) is 0. The Labute approximate surface area is 199 Å². The van der Waals surface area contributed by atoms with Crippen molar-refractivity contribution >= 4 is 23.2 Å². The molecular formula is C28H38ClNO2. The van der Waals surface area contributed by atoms with Crippen molar-refractivity contribution < 1.29 is 9.84 Å². The van der Waals surface area contributed by atoms with Crippen LogP contribution in [0.4, 0.5) is 0 Å². The van der Waals surface area contributed by atoms with Gasteiger partial charge >= 0.3 is 0 Å². The van der Waals surface area contributed by atoms with Crippen LogP contribution in [0.25, 0.3) is 10.8 Å². The van der Waals surface area contributed by atoms with Crippen LogP contribution < -0.4 is 5.32 Å². The van der Waals surface area contributed by atoms with E-state index < -0.39 is 6.10 Å². The Morgan fingerprint density at radius 3 is 2.34 bits per heavy atom. The lowest BCUT2D eigenvalue weighted by Gasteiger charge is -2.29. The van der Waals surface area contributed by atoms with E-state index in [9.17, 15) is 5.11 Å². The summed E-state index contributed by atoms with van der Waals surface area (Å²) in [5.41, 5.74) is 2.36. The highest BCUT2D eigenvalue weighted by molar-refractivity contribution is 5.85. The van der Waals surface area contributed by atoms with E-state index in [2.05, 4.69) is 80.7 Å². The molecule has 0 radical (unpaired) electrons. The van der Waals surface area contributed by atoms with Gasteiger partial charge in [-0.05, 0) is 48.6 Å². The number of ether oxygens (including phenoxy) is 1. The number of rotatable bonds is 12. The molecule has 0 aliphatic rings. The first-order valence-corrected chi connectivity index (χ1v) is 11.5. The third-order valence-corrected chi connectivity index (χ3v) is 5.76. The maximum Gasteiger partial charge on any atom is 0.0898 e. The average molecular weight is 456 g/mol. The summed E-state index contributed by atoms with van der Waals surface area (Å²) in [5, 5.41) is 16.6. The van der Waals surface area contributed by atoms with Gasteiger partial charge in [-0.15, -0.1) is 12.4 Å². The second-order valence-corrected chi connectivity index (χ2v) is 9.15. The number of benzene rings is 3. The molecule has 0 saturated heterocycles. The van der Waals surface area contributed by atoms with Crippen molar-refractivity contribution in [2.75, 3.05) is 13.2 Å². The van der Waals surface area contributed by atoms with E-state index >= 15 is 0 Å². The monoisotopic (exact) mass is 455 g/mol. The van der Waals surface area contributed by atoms with Crippen molar-refractivity contribution in [3.63, 3.8) is 0 Å². The molecule has 0 saturated carbocycles. The zero-order valence-electron chi connectivity index (χ0n) is 19.6. The van der Waals surface area contributed by atoms with Crippen molar-refractivity contribution in [2.45, 2.75) is 64.2 Å². The Morgan fingerprint density at radius 1 is 0.938 bits per heavy atom. The summed E-state index contributed by atoms with van der Waals surface area (Å²) in [5.74, 6) is 0. The predicted octanol–water partition coefficient (Wildman–Crippen LogP) is 6.48. The fourth-order valence-corrected chi connectivity index (χ4v) is 4.01. The van der Waals surface area contributed by atoms with E-state index in [1.807, 2.05) is 18.2 Å². The SMILES string of the molecule is CCCCC(OC[C@H](O)CNC(C)(C)Cc1ccc2ccccc2c1)c1ccccc1.Cl. The van der Waals surface area contributed by atoms with E-state index in [-0.39, 0.29) is 24.0 Å². The normalized spacial score (nSPS) is 13.5. The number of hydrogen-bond donors (Lipinski definition) is 2. The molecule has 0 aliphatic heterocycles. The van der Waals surface area contributed by atoms with Crippen molar-refractivity contribution in [1.29, 1.82) is 0 Å². The molecule has 0 fully saturated rings. The third-order valence-electron chi connectivity index (χ3n) is 5.76. The molecule has 0 aromatic heterocycles. The van der Waals surface area contributed by atoms with Gasteiger partial charge in [-0.3, -0.25) is 0 Å². The topological polar surface area (TPSA) is 41.5 Å². The van der Waals surface area contributed by atoms with Crippen LogP contribution in [0.5, 0.6) is 0 Å². The molecule has 0 bridgehead atoms. The number of unbranched alkanes of at least 4 members (excludes halogenated alkanes) is 1. The fraction of sp³-hybridized carbons (Fsp3) is 0.429. The van der Waals surface area contributed by atoms with Crippen LogP contribution in [-0.2, 0) is 11.2 Å². The van der Waals surface area contributed by atoms with E-state index in [1.54, 1.807) is 0 Å². The molecule has 3 rings (SSSR count). The van der Waals surface area contributed by atoms with Gasteiger partial charge in [0.25, 0.3) is 0 Å². The van der Waals surface area contributed by atoms with Crippen LogP contribution in [0.15, 0.2) is 72.8 Å². The van der Waals surface area contributed by atoms with Gasteiger partial charge in [-0.2, -0.15) is 0 Å². The number of β-amino-alcohol motifs (C(OH)–C–C–N with tert-alkyl or cyclic N) is 1. The first-order chi connectivity index (χ1) is 15.0. The molecule has 0 amide bonds. The highest BCUT2D eigenvalue weighted by atomic mass is 35.5. The summed E-state index contributed by atoms with van der Waals surface area (Å²) in [6, 6.07) is 25.4. The van der Waals surface area contributed by atoms with E-state index in [0.29, 0.717) is 13.2 Å². The Morgan fingerprint density at radius 2 is 1.62 bits per heavy atom. The van der Waals surface area contributed by atoms with Gasteiger partial charge in [0.1, 0.15) is 0 Å². The number of aliphatic hydroxyl groups is 1. The molecule has 2 atom stereocenters. The van der Waals surface area contributed by atoms with E-state index in [0.717, 1.165) is 25.7 Å². The van der Waals surface area contributed by atoms with Gasteiger partial charge < -0.3 is 15.2 Å². The first-order valence-electron chi connectivity index (χ1n) is 11.5. The maximum absolute atomic E-state index is 10.6. The Kier molecular flexibility index (Phi) is 10.7. The van der Waals surface area contributed by atoms with Crippen molar-refractivity contribution in [3.8, 4) is 0 Å². The fourth-order valence-electron chi connectivity index (χ4n) is 4.01. The molecule has 2 N–H and O–H groups in total. The summed E-state index contributed by atoms with van der Waals surface area (Å²) < 4.78 is 6.13. The molecule has 3 nitrogen and oxygen atoms in total. The zero-order valence-corrected chi connectivity index (χ0v) is 20.4. The minimum Gasteiger partial charge on any atom is -0.389 e. The van der Waals surface area contributed by atoms with Gasteiger partial charge in [0.05, 0.1) is 18.8 Å². The third kappa shape index (κ3) is 8.22. The minimum absolute atomic E-state index is 0. The molecule has 1 unspecified atom stereocenters. The summed E-state index contributed by atoms with van der Waals surface area (Å²) >= 11 is 0. The summed E-state index contributed by atoms with van der Waals surface area (Å²) in [6.45, 7) is 7.41. The molecule has 174 valence electrons. The second kappa shape index (κ2) is 13.0. The van der Waals surface area contributed by atoms with Crippen LogP contribution >= 0.6 is 12.4 Å². The minimum atomic E-state index is -0.538. The van der Waals surface area contributed by atoms with E-state index in [4.69, 9.17) is 4.74 Å². The Bertz CT molecular complexity index is 929. The molecule has 0 aliphatic carbocycles. The quantitative estimate of drug-likeness (QED) is 0.328. The van der Waals surface area contributed by atoms with Crippen LogP contribution in [0.1, 0.15) is 57.3 Å². The lowest BCUT2D eigenvalue weighted by molar-refractivity contribution is -0.0159.